The lowest BCUT2D eigenvalue weighted by Gasteiger charge is -2.17. The van der Waals surface area contributed by atoms with Gasteiger partial charge >= 0.3 is 0 Å². The highest BCUT2D eigenvalue weighted by atomic mass is 79.9. The van der Waals surface area contributed by atoms with Crippen molar-refractivity contribution in [2.24, 2.45) is 5.92 Å². The van der Waals surface area contributed by atoms with Crippen LogP contribution in [0.4, 0.5) is 0 Å². The molecule has 0 saturated carbocycles. The number of carbonyl (C=O) groups is 1. The second-order valence-corrected chi connectivity index (χ2v) is 8.38. The Morgan fingerprint density at radius 3 is 2.34 bits per heavy atom. The van der Waals surface area contributed by atoms with Crippen molar-refractivity contribution in [1.82, 2.24) is 20.6 Å². The Morgan fingerprint density at radius 2 is 1.69 bits per heavy atom. The van der Waals surface area contributed by atoms with Crippen LogP contribution in [0.5, 0.6) is 5.75 Å². The molecule has 0 fully saturated rings. The molecule has 2 aromatic carbocycles. The predicted molar refractivity (Wildman–Crippen MR) is 121 cm³/mol. The number of hydrogen-bond donors (Lipinski definition) is 1. The molecule has 4 aromatic rings. The van der Waals surface area contributed by atoms with Gasteiger partial charge in [0.2, 0.25) is 11.7 Å². The summed E-state index contributed by atoms with van der Waals surface area (Å²) in [6.07, 6.45) is 0. The molecule has 2 aromatic heterocycles. The standard InChI is InChI=1S/C23H21BrN4O4/c1-13(2)20(23-26-21(28-32-23)15-6-10-17(30-3)11-7-15)25-22(29)18-12-19(31-27-18)14-4-8-16(24)9-5-14/h4-13,20H,1-3H3,(H,25,29)/t20-/m0/s1. The van der Waals surface area contributed by atoms with Gasteiger partial charge in [-0.05, 0) is 42.3 Å². The van der Waals surface area contributed by atoms with Gasteiger partial charge in [-0.25, -0.2) is 0 Å². The van der Waals surface area contributed by atoms with E-state index in [2.05, 4.69) is 36.5 Å². The molecular weight excluding hydrogens is 476 g/mol. The van der Waals surface area contributed by atoms with E-state index in [1.807, 2.05) is 62.4 Å². The number of amides is 1. The van der Waals surface area contributed by atoms with Crippen molar-refractivity contribution in [2.75, 3.05) is 7.11 Å². The molecule has 8 nitrogen and oxygen atoms in total. The summed E-state index contributed by atoms with van der Waals surface area (Å²) < 4.78 is 16.9. The van der Waals surface area contributed by atoms with Crippen molar-refractivity contribution in [3.8, 4) is 28.5 Å². The lowest BCUT2D eigenvalue weighted by molar-refractivity contribution is 0.0904. The maximum atomic E-state index is 12.8. The van der Waals surface area contributed by atoms with Gasteiger partial charge in [0.15, 0.2) is 11.5 Å². The number of rotatable bonds is 7. The SMILES string of the molecule is COc1ccc(-c2noc([C@@H](NC(=O)c3cc(-c4ccc(Br)cc4)on3)C(C)C)n2)cc1. The number of benzene rings is 2. The monoisotopic (exact) mass is 496 g/mol. The minimum Gasteiger partial charge on any atom is -0.497 e. The minimum absolute atomic E-state index is 0.000891. The van der Waals surface area contributed by atoms with Gasteiger partial charge in [-0.1, -0.05) is 52.2 Å². The zero-order chi connectivity index (χ0) is 22.7. The van der Waals surface area contributed by atoms with E-state index < -0.39 is 6.04 Å². The summed E-state index contributed by atoms with van der Waals surface area (Å²) in [6.45, 7) is 3.91. The molecule has 0 radical (unpaired) electrons. The third kappa shape index (κ3) is 4.72. The number of nitrogens with zero attached hydrogens (tertiary/aromatic N) is 3. The van der Waals surface area contributed by atoms with Crippen LogP contribution in [-0.4, -0.2) is 28.3 Å². The first-order chi connectivity index (χ1) is 15.4. The number of hydrogen-bond acceptors (Lipinski definition) is 7. The van der Waals surface area contributed by atoms with Crippen LogP contribution in [-0.2, 0) is 0 Å². The Kier molecular flexibility index (Phi) is 6.36. The van der Waals surface area contributed by atoms with Gasteiger partial charge < -0.3 is 19.1 Å². The van der Waals surface area contributed by atoms with Crippen molar-refractivity contribution < 1.29 is 18.6 Å². The average molecular weight is 497 g/mol. The molecule has 9 heteroatoms. The van der Waals surface area contributed by atoms with E-state index in [4.69, 9.17) is 13.8 Å². The Hall–Kier alpha value is -3.46. The third-order valence-electron chi connectivity index (χ3n) is 4.88. The molecule has 0 saturated heterocycles. The Labute approximate surface area is 193 Å². The zero-order valence-corrected chi connectivity index (χ0v) is 19.3. The summed E-state index contributed by atoms with van der Waals surface area (Å²) in [5.74, 6) is 1.60. The van der Waals surface area contributed by atoms with Crippen molar-refractivity contribution in [1.29, 1.82) is 0 Å². The van der Waals surface area contributed by atoms with Crippen molar-refractivity contribution in [3.05, 3.63) is 70.7 Å². The first kappa shape index (κ1) is 21.8. The molecule has 0 aliphatic rings. The summed E-state index contributed by atoms with van der Waals surface area (Å²) in [7, 11) is 1.61. The molecule has 32 heavy (non-hydrogen) atoms. The Bertz CT molecular complexity index is 1200. The van der Waals surface area contributed by atoms with E-state index in [0.717, 1.165) is 21.3 Å². The Morgan fingerprint density at radius 1 is 1.00 bits per heavy atom. The van der Waals surface area contributed by atoms with E-state index in [1.54, 1.807) is 13.2 Å². The number of aromatic nitrogens is 3. The molecule has 0 unspecified atom stereocenters. The quantitative estimate of drug-likeness (QED) is 0.370. The smallest absolute Gasteiger partial charge is 0.274 e. The van der Waals surface area contributed by atoms with Crippen LogP contribution < -0.4 is 10.1 Å². The summed E-state index contributed by atoms with van der Waals surface area (Å²) in [5, 5.41) is 10.9. The molecule has 2 heterocycles. The third-order valence-corrected chi connectivity index (χ3v) is 5.41. The summed E-state index contributed by atoms with van der Waals surface area (Å²) in [6, 6.07) is 16.0. The van der Waals surface area contributed by atoms with E-state index in [-0.39, 0.29) is 17.5 Å². The second kappa shape index (κ2) is 9.35. The number of ether oxygens (including phenoxy) is 1. The van der Waals surface area contributed by atoms with Crippen molar-refractivity contribution >= 4 is 21.8 Å². The maximum absolute atomic E-state index is 12.8. The maximum Gasteiger partial charge on any atom is 0.274 e. The summed E-state index contributed by atoms with van der Waals surface area (Å²) in [4.78, 5) is 17.3. The van der Waals surface area contributed by atoms with Gasteiger partial charge in [-0.15, -0.1) is 0 Å². The normalized spacial score (nSPS) is 12.0. The van der Waals surface area contributed by atoms with Gasteiger partial charge in [0, 0.05) is 21.7 Å². The van der Waals surface area contributed by atoms with Crippen LogP contribution >= 0.6 is 15.9 Å². The molecule has 0 bridgehead atoms. The van der Waals surface area contributed by atoms with Gasteiger partial charge in [0.1, 0.15) is 11.8 Å². The molecular formula is C23H21BrN4O4. The lowest BCUT2D eigenvalue weighted by Crippen LogP contribution is -2.32. The van der Waals surface area contributed by atoms with E-state index >= 15 is 0 Å². The van der Waals surface area contributed by atoms with Crippen LogP contribution in [0, 0.1) is 5.92 Å². The highest BCUT2D eigenvalue weighted by Crippen LogP contribution is 2.26. The van der Waals surface area contributed by atoms with Crippen LogP contribution in [0.1, 0.15) is 36.3 Å². The molecule has 1 atom stereocenters. The zero-order valence-electron chi connectivity index (χ0n) is 17.7. The molecule has 1 N–H and O–H groups in total. The van der Waals surface area contributed by atoms with Gasteiger partial charge in [-0.3, -0.25) is 4.79 Å². The Balaban J connectivity index is 1.51. The number of carbonyl (C=O) groups excluding carboxylic acids is 1. The van der Waals surface area contributed by atoms with Crippen LogP contribution in [0.3, 0.4) is 0 Å². The molecule has 0 aliphatic carbocycles. The van der Waals surface area contributed by atoms with Gasteiger partial charge in [0.25, 0.3) is 5.91 Å². The van der Waals surface area contributed by atoms with E-state index in [9.17, 15) is 4.79 Å². The van der Waals surface area contributed by atoms with Crippen molar-refractivity contribution in [3.63, 3.8) is 0 Å². The molecule has 0 aliphatic heterocycles. The molecule has 0 spiro atoms. The number of halogens is 1. The van der Waals surface area contributed by atoms with Crippen LogP contribution in [0.25, 0.3) is 22.7 Å². The molecule has 4 rings (SSSR count). The van der Waals surface area contributed by atoms with Crippen molar-refractivity contribution in [2.45, 2.75) is 19.9 Å². The second-order valence-electron chi connectivity index (χ2n) is 7.46. The van der Waals surface area contributed by atoms with Crippen LogP contribution in [0.2, 0.25) is 0 Å². The largest absolute Gasteiger partial charge is 0.497 e. The van der Waals surface area contributed by atoms with Gasteiger partial charge in [0.05, 0.1) is 7.11 Å². The van der Waals surface area contributed by atoms with Crippen LogP contribution in [0.15, 0.2) is 68.1 Å². The first-order valence-corrected chi connectivity index (χ1v) is 10.8. The predicted octanol–water partition coefficient (Wildman–Crippen LogP) is 5.29. The minimum atomic E-state index is -0.491. The summed E-state index contributed by atoms with van der Waals surface area (Å²) >= 11 is 3.40. The molecule has 164 valence electrons. The fourth-order valence-corrected chi connectivity index (χ4v) is 3.34. The fourth-order valence-electron chi connectivity index (χ4n) is 3.08. The molecule has 1 amide bonds. The summed E-state index contributed by atoms with van der Waals surface area (Å²) in [5.41, 5.74) is 1.77. The average Bonchev–Trinajstić information content (AvgIpc) is 3.48. The topological polar surface area (TPSA) is 103 Å². The first-order valence-electron chi connectivity index (χ1n) is 9.96. The highest BCUT2D eigenvalue weighted by Gasteiger charge is 2.26. The fraction of sp³-hybridized carbons (Fsp3) is 0.217. The lowest BCUT2D eigenvalue weighted by atomic mass is 10.0. The highest BCUT2D eigenvalue weighted by molar-refractivity contribution is 9.10. The number of methoxy groups -OCH3 is 1. The van der Waals surface area contributed by atoms with E-state index in [1.165, 1.54) is 0 Å². The van der Waals surface area contributed by atoms with Gasteiger partial charge in [-0.2, -0.15) is 4.98 Å². The van der Waals surface area contributed by atoms with E-state index in [0.29, 0.717) is 17.5 Å². The number of nitrogens with one attached hydrogen (secondary N) is 1.